The van der Waals surface area contributed by atoms with E-state index in [0.717, 1.165) is 0 Å². The zero-order valence-corrected chi connectivity index (χ0v) is 12.4. The lowest BCUT2D eigenvalue weighted by Gasteiger charge is -2.30. The predicted molar refractivity (Wildman–Crippen MR) is 72.0 cm³/mol. The number of aliphatic hydroxyl groups is 1. The molecule has 23 heavy (non-hydrogen) atoms. The third-order valence-electron chi connectivity index (χ3n) is 3.25. The maximum absolute atomic E-state index is 13.3. The van der Waals surface area contributed by atoms with Crippen LogP contribution in [0.25, 0.3) is 0 Å². The zero-order chi connectivity index (χ0) is 17.7. The molecule has 0 aliphatic heterocycles. The summed E-state index contributed by atoms with van der Waals surface area (Å²) in [5.41, 5.74) is -2.34. The first-order chi connectivity index (χ1) is 10.5. The summed E-state index contributed by atoms with van der Waals surface area (Å²) in [4.78, 5) is 11.7. The van der Waals surface area contributed by atoms with Crippen LogP contribution in [0.15, 0.2) is 30.3 Å². The molecule has 1 N–H and O–H groups in total. The molecule has 8 heteroatoms. The Bertz CT molecular complexity index is 516. The van der Waals surface area contributed by atoms with Crippen molar-refractivity contribution < 1.29 is 36.6 Å². The third-order valence-corrected chi connectivity index (χ3v) is 3.25. The summed E-state index contributed by atoms with van der Waals surface area (Å²) in [5, 5.41) is 10.1. The molecular formula is C15H17F5O3. The molecule has 0 bridgehead atoms. The third kappa shape index (κ3) is 5.16. The van der Waals surface area contributed by atoms with E-state index in [4.69, 9.17) is 0 Å². The number of rotatable bonds is 7. The Labute approximate surface area is 130 Å². The average molecular weight is 340 g/mol. The van der Waals surface area contributed by atoms with Crippen LogP contribution in [0.3, 0.4) is 0 Å². The fourth-order valence-corrected chi connectivity index (χ4v) is 1.99. The van der Waals surface area contributed by atoms with E-state index in [1.807, 2.05) is 0 Å². The maximum atomic E-state index is 13.3. The van der Waals surface area contributed by atoms with Gasteiger partial charge in [-0.1, -0.05) is 30.3 Å². The molecule has 130 valence electrons. The van der Waals surface area contributed by atoms with Crippen molar-refractivity contribution in [2.24, 2.45) is 0 Å². The van der Waals surface area contributed by atoms with E-state index in [-0.39, 0.29) is 13.0 Å². The van der Waals surface area contributed by atoms with Crippen molar-refractivity contribution in [2.75, 3.05) is 6.61 Å². The summed E-state index contributed by atoms with van der Waals surface area (Å²) in [6.07, 6.45) is -8.60. The average Bonchev–Trinajstić information content (AvgIpc) is 2.45. The van der Waals surface area contributed by atoms with Crippen LogP contribution >= 0.6 is 0 Å². The number of aryl methyl sites for hydroxylation is 1. The molecule has 0 aromatic heterocycles. The Balaban J connectivity index is 2.96. The van der Waals surface area contributed by atoms with E-state index in [2.05, 4.69) is 4.74 Å². The lowest BCUT2D eigenvalue weighted by Crippen LogP contribution is -2.50. The Morgan fingerprint density at radius 3 is 2.17 bits per heavy atom. The van der Waals surface area contributed by atoms with Gasteiger partial charge in [0, 0.05) is 0 Å². The summed E-state index contributed by atoms with van der Waals surface area (Å²) < 4.78 is 68.1. The first kappa shape index (κ1) is 19.3. The number of benzene rings is 1. The van der Waals surface area contributed by atoms with Crippen LogP contribution in [0.1, 0.15) is 25.3 Å². The van der Waals surface area contributed by atoms with Crippen LogP contribution in [0, 0.1) is 0 Å². The standard InChI is InChI=1S/C15H17F5O3/c1-2-23-12(21)13(22,10-14(16,17)15(18,19)20)9-8-11-6-4-3-5-7-11/h3-7,22H,2,8-10H2,1H3. The van der Waals surface area contributed by atoms with Gasteiger partial charge in [-0.05, 0) is 25.3 Å². The molecule has 1 rings (SSSR count). The summed E-state index contributed by atoms with van der Waals surface area (Å²) in [6.45, 7) is 1.11. The van der Waals surface area contributed by atoms with E-state index in [9.17, 15) is 31.9 Å². The van der Waals surface area contributed by atoms with Crippen molar-refractivity contribution in [3.05, 3.63) is 35.9 Å². The van der Waals surface area contributed by atoms with Gasteiger partial charge in [-0.25, -0.2) is 4.79 Å². The topological polar surface area (TPSA) is 46.5 Å². The number of carbonyl (C=O) groups excluding carboxylic acids is 1. The van der Waals surface area contributed by atoms with Crippen molar-refractivity contribution in [3.8, 4) is 0 Å². The van der Waals surface area contributed by atoms with Crippen LogP contribution in [-0.4, -0.2) is 35.4 Å². The van der Waals surface area contributed by atoms with Crippen molar-refractivity contribution in [1.82, 2.24) is 0 Å². The first-order valence-electron chi connectivity index (χ1n) is 6.90. The highest BCUT2D eigenvalue weighted by Crippen LogP contribution is 2.42. The number of ether oxygens (including phenoxy) is 1. The largest absolute Gasteiger partial charge is 0.464 e. The highest BCUT2D eigenvalue weighted by Gasteiger charge is 2.62. The van der Waals surface area contributed by atoms with Crippen molar-refractivity contribution in [1.29, 1.82) is 0 Å². The Morgan fingerprint density at radius 2 is 1.70 bits per heavy atom. The van der Waals surface area contributed by atoms with Crippen LogP contribution in [0.2, 0.25) is 0 Å². The molecule has 1 atom stereocenters. The number of alkyl halides is 5. The minimum atomic E-state index is -5.86. The predicted octanol–water partition coefficient (Wildman–Crippen LogP) is 3.50. The number of esters is 1. The fourth-order valence-electron chi connectivity index (χ4n) is 1.99. The van der Waals surface area contributed by atoms with Gasteiger partial charge < -0.3 is 9.84 Å². The number of halogens is 5. The van der Waals surface area contributed by atoms with Gasteiger partial charge in [0.1, 0.15) is 0 Å². The lowest BCUT2D eigenvalue weighted by molar-refractivity contribution is -0.296. The summed E-state index contributed by atoms with van der Waals surface area (Å²) >= 11 is 0. The second-order valence-corrected chi connectivity index (χ2v) is 5.12. The molecule has 0 saturated heterocycles. The Hall–Kier alpha value is -1.70. The number of hydrogen-bond donors (Lipinski definition) is 1. The molecule has 1 unspecified atom stereocenters. The van der Waals surface area contributed by atoms with E-state index >= 15 is 0 Å². The maximum Gasteiger partial charge on any atom is 0.453 e. The first-order valence-corrected chi connectivity index (χ1v) is 6.90. The smallest absolute Gasteiger partial charge is 0.453 e. The zero-order valence-electron chi connectivity index (χ0n) is 12.4. The van der Waals surface area contributed by atoms with Gasteiger partial charge in [0.15, 0.2) is 5.60 Å². The Kier molecular flexibility index (Phi) is 6.10. The molecule has 3 nitrogen and oxygen atoms in total. The van der Waals surface area contributed by atoms with Gasteiger partial charge in [-0.2, -0.15) is 22.0 Å². The molecule has 0 fully saturated rings. The number of carbonyl (C=O) groups is 1. The molecule has 0 saturated carbocycles. The molecule has 0 amide bonds. The van der Waals surface area contributed by atoms with Crippen LogP contribution < -0.4 is 0 Å². The van der Waals surface area contributed by atoms with Gasteiger partial charge in [0.25, 0.3) is 0 Å². The second kappa shape index (κ2) is 7.25. The fraction of sp³-hybridized carbons (Fsp3) is 0.533. The van der Waals surface area contributed by atoms with Gasteiger partial charge in [-0.3, -0.25) is 0 Å². The monoisotopic (exact) mass is 340 g/mol. The Morgan fingerprint density at radius 1 is 1.13 bits per heavy atom. The quantitative estimate of drug-likeness (QED) is 0.610. The summed E-state index contributed by atoms with van der Waals surface area (Å²) in [6, 6.07) is 8.19. The molecule has 0 aliphatic carbocycles. The molecule has 0 radical (unpaired) electrons. The van der Waals surface area contributed by atoms with Crippen LogP contribution in [0.4, 0.5) is 22.0 Å². The van der Waals surface area contributed by atoms with Gasteiger partial charge in [0.05, 0.1) is 13.0 Å². The van der Waals surface area contributed by atoms with E-state index < -0.39 is 36.5 Å². The van der Waals surface area contributed by atoms with E-state index in [1.54, 1.807) is 30.3 Å². The van der Waals surface area contributed by atoms with Gasteiger partial charge >= 0.3 is 18.1 Å². The summed E-state index contributed by atoms with van der Waals surface area (Å²) in [7, 11) is 0. The van der Waals surface area contributed by atoms with Crippen molar-refractivity contribution >= 4 is 5.97 Å². The normalized spacial score (nSPS) is 15.1. The molecule has 0 heterocycles. The summed E-state index contributed by atoms with van der Waals surface area (Å²) in [5.74, 6) is -6.69. The van der Waals surface area contributed by atoms with Crippen molar-refractivity contribution in [3.63, 3.8) is 0 Å². The van der Waals surface area contributed by atoms with Crippen LogP contribution in [-0.2, 0) is 16.0 Å². The second-order valence-electron chi connectivity index (χ2n) is 5.12. The SMILES string of the molecule is CCOC(=O)C(O)(CCc1ccccc1)CC(F)(F)C(F)(F)F. The molecule has 0 aliphatic rings. The minimum absolute atomic E-state index is 0.0515. The molecule has 1 aromatic carbocycles. The van der Waals surface area contributed by atoms with Gasteiger partial charge in [-0.15, -0.1) is 0 Å². The minimum Gasteiger partial charge on any atom is -0.464 e. The highest BCUT2D eigenvalue weighted by molar-refractivity contribution is 5.79. The highest BCUT2D eigenvalue weighted by atomic mass is 19.4. The molecule has 0 spiro atoms. The van der Waals surface area contributed by atoms with Gasteiger partial charge in [0.2, 0.25) is 0 Å². The lowest BCUT2D eigenvalue weighted by atomic mass is 9.88. The van der Waals surface area contributed by atoms with E-state index in [1.165, 1.54) is 6.92 Å². The van der Waals surface area contributed by atoms with E-state index in [0.29, 0.717) is 5.56 Å². The molecule has 1 aromatic rings. The molecular weight excluding hydrogens is 323 g/mol. The van der Waals surface area contributed by atoms with Crippen LogP contribution in [0.5, 0.6) is 0 Å². The number of hydrogen-bond acceptors (Lipinski definition) is 3. The van der Waals surface area contributed by atoms with Crippen molar-refractivity contribution in [2.45, 2.75) is 43.9 Å².